The Morgan fingerprint density at radius 1 is 1.03 bits per heavy atom. The summed E-state index contributed by atoms with van der Waals surface area (Å²) in [7, 11) is 0. The molecule has 4 amide bonds. The highest BCUT2D eigenvalue weighted by atomic mass is 79.9. The number of nitrogens with one attached hydrogen (secondary N) is 1. The summed E-state index contributed by atoms with van der Waals surface area (Å²) in [6, 6.07) is 12.3. The van der Waals surface area contributed by atoms with E-state index in [-0.39, 0.29) is 27.1 Å². The predicted octanol–water partition coefficient (Wildman–Crippen LogP) is 6.82. The highest BCUT2D eigenvalue weighted by Gasteiger charge is 2.38. The van der Waals surface area contributed by atoms with Gasteiger partial charge in [0.15, 0.2) is 5.09 Å². The second-order valence-electron chi connectivity index (χ2n) is 6.37. The van der Waals surface area contributed by atoms with Gasteiger partial charge in [-0.3, -0.25) is 14.9 Å². The van der Waals surface area contributed by atoms with Crippen molar-refractivity contribution in [2.24, 2.45) is 0 Å². The van der Waals surface area contributed by atoms with E-state index in [9.17, 15) is 14.4 Å². The van der Waals surface area contributed by atoms with Gasteiger partial charge >= 0.3 is 6.03 Å². The minimum absolute atomic E-state index is 0.00811. The molecule has 2 aromatic carbocycles. The molecule has 0 unspecified atom stereocenters. The molecule has 1 aliphatic heterocycles. The zero-order chi connectivity index (χ0) is 23.0. The topological polar surface area (TPSA) is 79.6 Å². The number of hydrogen-bond acceptors (Lipinski definition) is 5. The van der Waals surface area contributed by atoms with Gasteiger partial charge in [-0.25, -0.2) is 9.69 Å². The number of urea groups is 1. The lowest BCUT2D eigenvalue weighted by molar-refractivity contribution is -0.122. The summed E-state index contributed by atoms with van der Waals surface area (Å²) in [5, 5.41) is 3.41. The number of nitrogens with zero attached hydrogens (tertiary/aromatic N) is 1. The Morgan fingerprint density at radius 2 is 1.75 bits per heavy atom. The van der Waals surface area contributed by atoms with Crippen LogP contribution in [0, 0.1) is 0 Å². The fraction of sp³-hybridized carbons (Fsp3) is 0. The van der Waals surface area contributed by atoms with Crippen molar-refractivity contribution in [3.63, 3.8) is 0 Å². The van der Waals surface area contributed by atoms with Crippen LogP contribution in [0.3, 0.4) is 0 Å². The van der Waals surface area contributed by atoms with Crippen molar-refractivity contribution in [2.75, 3.05) is 4.90 Å². The number of carbonyl (C=O) groups excluding carboxylic acids is 3. The number of carbonyl (C=O) groups is 3. The molecule has 1 N–H and O–H groups in total. The van der Waals surface area contributed by atoms with E-state index in [0.717, 1.165) is 9.80 Å². The Hall–Kier alpha value is -2.23. The average Bonchev–Trinajstić information content (AvgIpc) is 3.09. The minimum atomic E-state index is -0.930. The molecule has 0 saturated carbocycles. The largest absolute Gasteiger partial charge is 0.449 e. The van der Waals surface area contributed by atoms with Crippen LogP contribution in [0.25, 0.3) is 6.08 Å². The number of amides is 4. The number of furan rings is 1. The smallest absolute Gasteiger partial charge is 0.336 e. The first-order valence-corrected chi connectivity index (χ1v) is 11.6. The Kier molecular flexibility index (Phi) is 6.69. The van der Waals surface area contributed by atoms with Crippen molar-refractivity contribution in [1.29, 1.82) is 0 Å². The van der Waals surface area contributed by atoms with Gasteiger partial charge in [-0.1, -0.05) is 52.6 Å². The molecule has 1 fully saturated rings. The molecular formula is C21H10BrCl3N2O4S. The van der Waals surface area contributed by atoms with E-state index in [1.807, 2.05) is 12.1 Å². The minimum Gasteiger partial charge on any atom is -0.449 e. The van der Waals surface area contributed by atoms with Gasteiger partial charge in [-0.2, -0.15) is 0 Å². The first kappa shape index (κ1) is 22.9. The maximum Gasteiger partial charge on any atom is 0.336 e. The Morgan fingerprint density at radius 3 is 2.47 bits per heavy atom. The maximum absolute atomic E-state index is 13.0. The molecule has 6 nitrogen and oxygen atoms in total. The summed E-state index contributed by atoms with van der Waals surface area (Å²) >= 11 is 22.8. The number of rotatable bonds is 4. The standard InChI is InChI=1S/C21H10BrCl3N2O4S/c22-14-9-11(31-20(14)32-12-6-4-10(23)5-7-12)8-13-18(28)26-21(30)27(19(13)29)16-3-1-2-15(24)17(16)25/h1-9H,(H,26,28,30)/b13-8+. The third kappa shape index (κ3) is 4.60. The van der Waals surface area contributed by atoms with E-state index in [0.29, 0.717) is 14.6 Å². The third-order valence-corrected chi connectivity index (χ3v) is 7.17. The van der Waals surface area contributed by atoms with Crippen LogP contribution >= 0.6 is 62.5 Å². The van der Waals surface area contributed by atoms with Crippen LogP contribution < -0.4 is 10.2 Å². The molecule has 0 radical (unpaired) electrons. The highest BCUT2D eigenvalue weighted by molar-refractivity contribution is 9.10. The van der Waals surface area contributed by atoms with Crippen LogP contribution in [0.2, 0.25) is 15.1 Å². The van der Waals surface area contributed by atoms with E-state index in [4.69, 9.17) is 39.2 Å². The monoisotopic (exact) mass is 570 g/mol. The van der Waals surface area contributed by atoms with Crippen LogP contribution in [0.1, 0.15) is 5.76 Å². The maximum atomic E-state index is 13.0. The number of benzene rings is 2. The van der Waals surface area contributed by atoms with Crippen molar-refractivity contribution in [3.05, 3.63) is 79.4 Å². The van der Waals surface area contributed by atoms with Crippen molar-refractivity contribution >= 4 is 92.1 Å². The SMILES string of the molecule is O=C1NC(=O)N(c2cccc(Cl)c2Cl)C(=O)/C1=C/c1cc(Br)c(Sc2ccc(Cl)cc2)o1. The first-order chi connectivity index (χ1) is 15.2. The molecule has 0 spiro atoms. The molecule has 1 saturated heterocycles. The number of imide groups is 2. The predicted molar refractivity (Wildman–Crippen MR) is 127 cm³/mol. The van der Waals surface area contributed by atoms with Gasteiger partial charge in [0.25, 0.3) is 11.8 Å². The molecule has 32 heavy (non-hydrogen) atoms. The summed E-state index contributed by atoms with van der Waals surface area (Å²) in [4.78, 5) is 39.4. The normalized spacial score (nSPS) is 15.4. The quantitative estimate of drug-likeness (QED) is 0.274. The van der Waals surface area contributed by atoms with E-state index < -0.39 is 17.8 Å². The van der Waals surface area contributed by atoms with E-state index in [1.165, 1.54) is 36.0 Å². The lowest BCUT2D eigenvalue weighted by Crippen LogP contribution is -2.54. The van der Waals surface area contributed by atoms with Gasteiger partial charge in [-0.15, -0.1) is 0 Å². The Labute approximate surface area is 209 Å². The van der Waals surface area contributed by atoms with Gasteiger partial charge < -0.3 is 4.42 Å². The van der Waals surface area contributed by atoms with Crippen molar-refractivity contribution in [1.82, 2.24) is 5.32 Å². The van der Waals surface area contributed by atoms with E-state index in [1.54, 1.807) is 18.2 Å². The number of anilines is 1. The van der Waals surface area contributed by atoms with Gasteiger partial charge in [0.2, 0.25) is 0 Å². The molecule has 1 aliphatic rings. The Bertz CT molecular complexity index is 1290. The van der Waals surface area contributed by atoms with Gasteiger partial charge in [-0.05, 0) is 64.5 Å². The Balaban J connectivity index is 1.66. The molecule has 11 heteroatoms. The lowest BCUT2D eigenvalue weighted by Gasteiger charge is -2.27. The van der Waals surface area contributed by atoms with Crippen LogP contribution in [0.4, 0.5) is 10.5 Å². The molecule has 162 valence electrons. The van der Waals surface area contributed by atoms with Crippen LogP contribution in [0.15, 0.2) is 73.0 Å². The fourth-order valence-corrected chi connectivity index (χ4v) is 4.64. The fourth-order valence-electron chi connectivity index (χ4n) is 2.80. The molecule has 0 atom stereocenters. The lowest BCUT2D eigenvalue weighted by atomic mass is 10.1. The summed E-state index contributed by atoms with van der Waals surface area (Å²) in [6.07, 6.45) is 1.26. The average molecular weight is 573 g/mol. The molecule has 3 aromatic rings. The molecular weight excluding hydrogens is 563 g/mol. The van der Waals surface area contributed by atoms with Crippen LogP contribution in [0.5, 0.6) is 0 Å². The van der Waals surface area contributed by atoms with E-state index in [2.05, 4.69) is 21.2 Å². The van der Waals surface area contributed by atoms with Crippen molar-refractivity contribution in [3.8, 4) is 0 Å². The van der Waals surface area contributed by atoms with Crippen LogP contribution in [-0.2, 0) is 9.59 Å². The number of hydrogen-bond donors (Lipinski definition) is 1. The second-order valence-corrected chi connectivity index (χ2v) is 9.49. The number of halogens is 4. The van der Waals surface area contributed by atoms with Crippen molar-refractivity contribution < 1.29 is 18.8 Å². The van der Waals surface area contributed by atoms with Gasteiger partial charge in [0.05, 0.1) is 20.2 Å². The van der Waals surface area contributed by atoms with Crippen LogP contribution in [-0.4, -0.2) is 17.8 Å². The van der Waals surface area contributed by atoms with Crippen molar-refractivity contribution in [2.45, 2.75) is 9.99 Å². The van der Waals surface area contributed by atoms with Gasteiger partial charge in [0, 0.05) is 9.92 Å². The summed E-state index contributed by atoms with van der Waals surface area (Å²) < 4.78 is 6.41. The summed E-state index contributed by atoms with van der Waals surface area (Å²) in [5.74, 6) is -1.48. The molecule has 0 aliphatic carbocycles. The molecule has 2 heterocycles. The number of barbiturate groups is 1. The van der Waals surface area contributed by atoms with Gasteiger partial charge in [0.1, 0.15) is 11.3 Å². The van der Waals surface area contributed by atoms with E-state index >= 15 is 0 Å². The highest BCUT2D eigenvalue weighted by Crippen LogP contribution is 2.38. The molecule has 1 aromatic heterocycles. The summed E-state index contributed by atoms with van der Waals surface area (Å²) in [5.41, 5.74) is -0.246. The second kappa shape index (κ2) is 9.33. The zero-order valence-electron chi connectivity index (χ0n) is 15.7. The summed E-state index contributed by atoms with van der Waals surface area (Å²) in [6.45, 7) is 0. The molecule has 4 rings (SSSR count). The molecule has 0 bridgehead atoms. The third-order valence-electron chi connectivity index (χ3n) is 4.26. The first-order valence-electron chi connectivity index (χ1n) is 8.83. The zero-order valence-corrected chi connectivity index (χ0v) is 20.4.